The summed E-state index contributed by atoms with van der Waals surface area (Å²) in [5.74, 6) is -2.68. The van der Waals surface area contributed by atoms with E-state index < -0.39 is 29.3 Å². The molecule has 4 nitrogen and oxygen atoms in total. The summed E-state index contributed by atoms with van der Waals surface area (Å²) in [5.41, 5.74) is -0.911. The highest BCUT2D eigenvalue weighted by molar-refractivity contribution is 6.24. The van der Waals surface area contributed by atoms with Crippen molar-refractivity contribution in [3.05, 3.63) is 34.9 Å². The van der Waals surface area contributed by atoms with Crippen LogP contribution in [0.15, 0.2) is 18.2 Å². The molecule has 0 saturated heterocycles. The number of benzene rings is 1. The van der Waals surface area contributed by atoms with E-state index in [-0.39, 0.29) is 16.8 Å². The van der Waals surface area contributed by atoms with E-state index >= 15 is 0 Å². The number of aryl methyl sites for hydroxylation is 1. The van der Waals surface area contributed by atoms with Gasteiger partial charge in [-0.25, -0.2) is 0 Å². The Morgan fingerprint density at radius 2 is 1.86 bits per heavy atom. The van der Waals surface area contributed by atoms with Crippen LogP contribution >= 0.6 is 0 Å². The molecule has 1 aromatic carbocycles. The lowest BCUT2D eigenvalue weighted by atomic mass is 9.90. The monoisotopic (exact) mass is 300 g/mol. The van der Waals surface area contributed by atoms with Crippen molar-refractivity contribution >= 4 is 17.4 Å². The molecule has 114 valence electrons. The number of nitrogens with one attached hydrogen (secondary N) is 2. The highest BCUT2D eigenvalue weighted by Crippen LogP contribution is 2.31. The fourth-order valence-electron chi connectivity index (χ4n) is 1.93. The zero-order chi connectivity index (χ0) is 16.4. The maximum Gasteiger partial charge on any atom is 0.416 e. The number of carbonyl (C=O) groups is 2. The highest BCUT2D eigenvalue weighted by atomic mass is 19.4. The lowest BCUT2D eigenvalue weighted by Gasteiger charge is -2.15. The van der Waals surface area contributed by atoms with Crippen molar-refractivity contribution in [2.45, 2.75) is 20.0 Å². The van der Waals surface area contributed by atoms with Crippen LogP contribution in [0.25, 0.3) is 0 Å². The minimum Gasteiger partial charge on any atom is -0.358 e. The second kappa shape index (κ2) is 6.07. The van der Waals surface area contributed by atoms with Gasteiger partial charge in [-0.05, 0) is 31.5 Å². The average Bonchev–Trinajstić information content (AvgIpc) is 2.36. The first-order chi connectivity index (χ1) is 9.59. The number of rotatable bonds is 4. The molecular formula is C14H15F3N2O2. The molecule has 0 aromatic heterocycles. The normalized spacial score (nSPS) is 12.7. The topological polar surface area (TPSA) is 70.0 Å². The van der Waals surface area contributed by atoms with E-state index in [9.17, 15) is 22.8 Å². The largest absolute Gasteiger partial charge is 0.416 e. The molecular weight excluding hydrogens is 285 g/mol. The van der Waals surface area contributed by atoms with Crippen LogP contribution in [0.5, 0.6) is 0 Å². The van der Waals surface area contributed by atoms with Gasteiger partial charge in [0.25, 0.3) is 0 Å². The van der Waals surface area contributed by atoms with Crippen LogP contribution in [0.1, 0.15) is 28.4 Å². The molecule has 0 spiro atoms. The van der Waals surface area contributed by atoms with Crippen molar-refractivity contribution in [2.24, 2.45) is 5.92 Å². The van der Waals surface area contributed by atoms with E-state index in [4.69, 9.17) is 5.41 Å². The zero-order valence-electron chi connectivity index (χ0n) is 11.8. The fraction of sp³-hybridized carbons (Fsp3) is 0.357. The van der Waals surface area contributed by atoms with E-state index in [2.05, 4.69) is 5.32 Å². The molecule has 1 aromatic rings. The van der Waals surface area contributed by atoms with Gasteiger partial charge in [-0.1, -0.05) is 6.07 Å². The number of alkyl halides is 3. The second-order valence-corrected chi connectivity index (χ2v) is 4.62. The molecule has 2 N–H and O–H groups in total. The van der Waals surface area contributed by atoms with E-state index in [1.165, 1.54) is 20.9 Å². The SMILES string of the molecule is CNC(=O)C(C(C)=N)C(=O)c1ccc(C(F)(F)F)cc1C. The molecule has 0 bridgehead atoms. The number of ketones is 1. The predicted octanol–water partition coefficient (Wildman–Crippen LogP) is 2.60. The fourth-order valence-corrected chi connectivity index (χ4v) is 1.93. The van der Waals surface area contributed by atoms with E-state index in [0.717, 1.165) is 18.2 Å². The molecule has 1 rings (SSSR count). The van der Waals surface area contributed by atoms with Crippen molar-refractivity contribution in [1.82, 2.24) is 5.32 Å². The van der Waals surface area contributed by atoms with E-state index in [0.29, 0.717) is 0 Å². The molecule has 0 aliphatic heterocycles. The number of carbonyl (C=O) groups excluding carboxylic acids is 2. The third kappa shape index (κ3) is 3.68. The predicted molar refractivity (Wildman–Crippen MR) is 71.5 cm³/mol. The number of halogens is 3. The van der Waals surface area contributed by atoms with Gasteiger partial charge < -0.3 is 10.7 Å². The summed E-state index contributed by atoms with van der Waals surface area (Å²) in [6, 6.07) is 2.69. The molecule has 1 unspecified atom stereocenters. The Morgan fingerprint density at radius 3 is 2.24 bits per heavy atom. The third-order valence-corrected chi connectivity index (χ3v) is 3.02. The maximum absolute atomic E-state index is 12.6. The Balaban J connectivity index is 3.24. The molecule has 1 atom stereocenters. The number of hydrogen-bond acceptors (Lipinski definition) is 3. The standard InChI is InChI=1S/C14H15F3N2O2/c1-7-6-9(14(15,16)17)4-5-10(7)12(20)11(8(2)18)13(21)19-3/h4-6,11,18H,1-3H3,(H,19,21). The van der Waals surface area contributed by atoms with Gasteiger partial charge in [-0.15, -0.1) is 0 Å². The molecule has 7 heteroatoms. The number of amides is 1. The second-order valence-electron chi connectivity index (χ2n) is 4.62. The Bertz CT molecular complexity index is 594. The summed E-state index contributed by atoms with van der Waals surface area (Å²) >= 11 is 0. The van der Waals surface area contributed by atoms with Crippen LogP contribution in [0.3, 0.4) is 0 Å². The van der Waals surface area contributed by atoms with Gasteiger partial charge >= 0.3 is 6.18 Å². The first-order valence-corrected chi connectivity index (χ1v) is 6.08. The van der Waals surface area contributed by atoms with Crippen LogP contribution in [-0.4, -0.2) is 24.4 Å². The van der Waals surface area contributed by atoms with Gasteiger partial charge in [0, 0.05) is 18.3 Å². The summed E-state index contributed by atoms with van der Waals surface area (Å²) in [7, 11) is 1.32. The minimum absolute atomic E-state index is 0.00296. The number of Topliss-reactive ketones (excluding diaryl/α,β-unsaturated/α-hetero) is 1. The summed E-state index contributed by atoms with van der Waals surface area (Å²) in [5, 5.41) is 9.79. The van der Waals surface area contributed by atoms with E-state index in [1.54, 1.807) is 0 Å². The Morgan fingerprint density at radius 1 is 1.29 bits per heavy atom. The molecule has 1 amide bonds. The van der Waals surface area contributed by atoms with Gasteiger partial charge in [0.15, 0.2) is 5.78 Å². The van der Waals surface area contributed by atoms with Crippen molar-refractivity contribution in [3.63, 3.8) is 0 Å². The quantitative estimate of drug-likeness (QED) is 0.510. The van der Waals surface area contributed by atoms with Crippen molar-refractivity contribution < 1.29 is 22.8 Å². The molecule has 0 heterocycles. The van der Waals surface area contributed by atoms with E-state index in [1.807, 2.05) is 0 Å². The van der Waals surface area contributed by atoms with Crippen LogP contribution in [0, 0.1) is 18.3 Å². The number of hydrogen-bond donors (Lipinski definition) is 2. The van der Waals surface area contributed by atoms with Crippen LogP contribution < -0.4 is 5.32 Å². The molecule has 21 heavy (non-hydrogen) atoms. The molecule has 0 fully saturated rings. The average molecular weight is 300 g/mol. The Kier molecular flexibility index (Phi) is 4.88. The van der Waals surface area contributed by atoms with Crippen molar-refractivity contribution in [1.29, 1.82) is 5.41 Å². The first-order valence-electron chi connectivity index (χ1n) is 6.08. The minimum atomic E-state index is -4.50. The van der Waals surface area contributed by atoms with Crippen LogP contribution in [0.4, 0.5) is 13.2 Å². The van der Waals surface area contributed by atoms with Crippen molar-refractivity contribution in [2.75, 3.05) is 7.05 Å². The summed E-state index contributed by atoms with van der Waals surface area (Å²) < 4.78 is 37.8. The van der Waals surface area contributed by atoms with Gasteiger partial charge in [-0.3, -0.25) is 9.59 Å². The third-order valence-electron chi connectivity index (χ3n) is 3.02. The van der Waals surface area contributed by atoms with Gasteiger partial charge in [-0.2, -0.15) is 13.2 Å². The summed E-state index contributed by atoms with van der Waals surface area (Å²) in [6.45, 7) is 2.67. The van der Waals surface area contributed by atoms with Gasteiger partial charge in [0.2, 0.25) is 5.91 Å². The highest BCUT2D eigenvalue weighted by Gasteiger charge is 2.33. The summed E-state index contributed by atoms with van der Waals surface area (Å²) in [6.07, 6.45) is -4.50. The van der Waals surface area contributed by atoms with Crippen molar-refractivity contribution in [3.8, 4) is 0 Å². The molecule has 0 saturated carbocycles. The molecule has 0 aliphatic rings. The lowest BCUT2D eigenvalue weighted by molar-refractivity contribution is -0.137. The van der Waals surface area contributed by atoms with Crippen LogP contribution in [0.2, 0.25) is 0 Å². The first kappa shape index (κ1) is 16.9. The maximum atomic E-state index is 12.6. The summed E-state index contributed by atoms with van der Waals surface area (Å²) in [4.78, 5) is 23.9. The van der Waals surface area contributed by atoms with Gasteiger partial charge in [0.05, 0.1) is 5.56 Å². The Labute approximate surface area is 119 Å². The van der Waals surface area contributed by atoms with Gasteiger partial charge in [0.1, 0.15) is 5.92 Å². The smallest absolute Gasteiger partial charge is 0.358 e. The molecule has 0 radical (unpaired) electrons. The molecule has 0 aliphatic carbocycles. The lowest BCUT2D eigenvalue weighted by Crippen LogP contribution is -2.37. The Hall–Kier alpha value is -2.18. The zero-order valence-corrected chi connectivity index (χ0v) is 11.8. The van der Waals surface area contributed by atoms with Crippen LogP contribution in [-0.2, 0) is 11.0 Å².